The number of benzene rings is 1. The standard InChI is InChI=1S/C23H24N4O5/c1-15(2)22-17(13-25-27(22)20-6-3-4-9-24-20)23(29)32-14-21(28)26-16-7-8-18-19(12-16)31-11-5-10-30-18/h3-4,6-9,12-13,15H,5,10-11,14H2,1-2H3,(H,26,28). The molecule has 3 heterocycles. The van der Waals surface area contributed by atoms with Crippen LogP contribution in [0.2, 0.25) is 0 Å². The molecule has 32 heavy (non-hydrogen) atoms. The quantitative estimate of drug-likeness (QED) is 0.591. The van der Waals surface area contributed by atoms with Gasteiger partial charge < -0.3 is 19.5 Å². The van der Waals surface area contributed by atoms with Gasteiger partial charge in [0.05, 0.1) is 25.1 Å². The first kappa shape index (κ1) is 21.4. The highest BCUT2D eigenvalue weighted by Crippen LogP contribution is 2.32. The number of aromatic nitrogens is 3. The van der Waals surface area contributed by atoms with Crippen molar-refractivity contribution in [1.82, 2.24) is 14.8 Å². The number of rotatable bonds is 6. The molecule has 166 valence electrons. The number of carbonyl (C=O) groups excluding carboxylic acids is 2. The molecule has 0 spiro atoms. The van der Waals surface area contributed by atoms with Gasteiger partial charge in [-0.1, -0.05) is 19.9 Å². The van der Waals surface area contributed by atoms with Gasteiger partial charge in [0, 0.05) is 24.4 Å². The molecule has 9 heteroatoms. The van der Waals surface area contributed by atoms with Crippen molar-refractivity contribution in [3.63, 3.8) is 0 Å². The van der Waals surface area contributed by atoms with E-state index in [0.29, 0.717) is 47.5 Å². The summed E-state index contributed by atoms with van der Waals surface area (Å²) in [5.41, 5.74) is 1.49. The SMILES string of the molecule is CC(C)c1c(C(=O)OCC(=O)Nc2ccc3c(c2)OCCCO3)cnn1-c1ccccn1. The van der Waals surface area contributed by atoms with Crippen molar-refractivity contribution < 1.29 is 23.8 Å². The molecular formula is C23H24N4O5. The van der Waals surface area contributed by atoms with E-state index >= 15 is 0 Å². The van der Waals surface area contributed by atoms with E-state index in [1.54, 1.807) is 41.2 Å². The number of fused-ring (bicyclic) bond motifs is 1. The molecule has 2 aromatic heterocycles. The van der Waals surface area contributed by atoms with Gasteiger partial charge in [0.15, 0.2) is 23.9 Å². The molecule has 0 unspecified atom stereocenters. The monoisotopic (exact) mass is 436 g/mol. The van der Waals surface area contributed by atoms with Gasteiger partial charge in [0.25, 0.3) is 5.91 Å². The zero-order valence-corrected chi connectivity index (χ0v) is 17.9. The Morgan fingerprint density at radius 2 is 1.97 bits per heavy atom. The summed E-state index contributed by atoms with van der Waals surface area (Å²) in [5, 5.41) is 7.00. The van der Waals surface area contributed by atoms with Crippen LogP contribution in [0.25, 0.3) is 5.82 Å². The summed E-state index contributed by atoms with van der Waals surface area (Å²) in [6.45, 7) is 4.60. The Morgan fingerprint density at radius 1 is 1.16 bits per heavy atom. The Labute approximate surface area is 185 Å². The van der Waals surface area contributed by atoms with Gasteiger partial charge >= 0.3 is 5.97 Å². The lowest BCUT2D eigenvalue weighted by Crippen LogP contribution is -2.21. The van der Waals surface area contributed by atoms with Crippen LogP contribution in [0.15, 0.2) is 48.8 Å². The first-order valence-corrected chi connectivity index (χ1v) is 10.4. The van der Waals surface area contributed by atoms with Crippen molar-refractivity contribution in [2.45, 2.75) is 26.2 Å². The van der Waals surface area contributed by atoms with Gasteiger partial charge in [0.2, 0.25) is 0 Å². The zero-order chi connectivity index (χ0) is 22.5. The van der Waals surface area contributed by atoms with Crippen molar-refractivity contribution >= 4 is 17.6 Å². The third-order valence-corrected chi connectivity index (χ3v) is 4.81. The minimum atomic E-state index is -0.621. The Morgan fingerprint density at radius 3 is 2.72 bits per heavy atom. The lowest BCUT2D eigenvalue weighted by atomic mass is 10.1. The molecule has 1 N–H and O–H groups in total. The van der Waals surface area contributed by atoms with Gasteiger partial charge in [-0.3, -0.25) is 4.79 Å². The van der Waals surface area contributed by atoms with E-state index in [2.05, 4.69) is 15.4 Å². The van der Waals surface area contributed by atoms with Crippen LogP contribution >= 0.6 is 0 Å². The van der Waals surface area contributed by atoms with Gasteiger partial charge in [-0.2, -0.15) is 5.10 Å². The number of hydrogen-bond donors (Lipinski definition) is 1. The summed E-state index contributed by atoms with van der Waals surface area (Å²) in [6.07, 6.45) is 3.89. The van der Waals surface area contributed by atoms with Crippen molar-refractivity contribution in [2.75, 3.05) is 25.1 Å². The Balaban J connectivity index is 1.41. The molecule has 3 aromatic rings. The summed E-state index contributed by atoms with van der Waals surface area (Å²) in [4.78, 5) is 29.3. The summed E-state index contributed by atoms with van der Waals surface area (Å²) < 4.78 is 18.1. The molecule has 0 aliphatic carbocycles. The molecule has 1 aromatic carbocycles. The highest BCUT2D eigenvalue weighted by molar-refractivity contribution is 5.96. The van der Waals surface area contributed by atoms with Gasteiger partial charge in [-0.05, 0) is 30.2 Å². The second-order valence-corrected chi connectivity index (χ2v) is 7.53. The number of carbonyl (C=O) groups is 2. The Kier molecular flexibility index (Phi) is 6.34. The van der Waals surface area contributed by atoms with Crippen LogP contribution in [0.4, 0.5) is 5.69 Å². The van der Waals surface area contributed by atoms with E-state index in [-0.39, 0.29) is 5.92 Å². The fraction of sp³-hybridized carbons (Fsp3) is 0.304. The van der Waals surface area contributed by atoms with Crippen LogP contribution in [0, 0.1) is 0 Å². The maximum Gasteiger partial charge on any atom is 0.342 e. The second kappa shape index (κ2) is 9.51. The highest BCUT2D eigenvalue weighted by Gasteiger charge is 2.23. The number of pyridine rings is 1. The minimum Gasteiger partial charge on any atom is -0.490 e. The topological polar surface area (TPSA) is 105 Å². The molecule has 1 aliphatic rings. The van der Waals surface area contributed by atoms with Crippen LogP contribution in [0.5, 0.6) is 11.5 Å². The summed E-state index contributed by atoms with van der Waals surface area (Å²) in [7, 11) is 0. The summed E-state index contributed by atoms with van der Waals surface area (Å²) in [5.74, 6) is 0.708. The predicted octanol–water partition coefficient (Wildman–Crippen LogP) is 3.35. The zero-order valence-electron chi connectivity index (χ0n) is 17.9. The maximum absolute atomic E-state index is 12.7. The average Bonchev–Trinajstić information content (AvgIpc) is 3.12. The van der Waals surface area contributed by atoms with E-state index < -0.39 is 18.5 Å². The number of nitrogens with zero attached hydrogens (tertiary/aromatic N) is 3. The molecule has 0 radical (unpaired) electrons. The maximum atomic E-state index is 12.7. The van der Waals surface area contributed by atoms with Gasteiger partial charge in [-0.15, -0.1) is 0 Å². The Hall–Kier alpha value is -3.88. The Bertz CT molecular complexity index is 1110. The summed E-state index contributed by atoms with van der Waals surface area (Å²) in [6, 6.07) is 10.6. The van der Waals surface area contributed by atoms with Crippen molar-refractivity contribution in [2.24, 2.45) is 0 Å². The molecule has 9 nitrogen and oxygen atoms in total. The lowest BCUT2D eigenvalue weighted by molar-refractivity contribution is -0.119. The predicted molar refractivity (Wildman–Crippen MR) is 116 cm³/mol. The third-order valence-electron chi connectivity index (χ3n) is 4.81. The van der Waals surface area contributed by atoms with Crippen molar-refractivity contribution in [3.05, 3.63) is 60.0 Å². The van der Waals surface area contributed by atoms with Crippen molar-refractivity contribution in [3.8, 4) is 17.3 Å². The summed E-state index contributed by atoms with van der Waals surface area (Å²) >= 11 is 0. The fourth-order valence-electron chi connectivity index (χ4n) is 3.38. The molecule has 0 saturated heterocycles. The van der Waals surface area contributed by atoms with E-state index in [4.69, 9.17) is 14.2 Å². The van der Waals surface area contributed by atoms with E-state index in [0.717, 1.165) is 6.42 Å². The van der Waals surface area contributed by atoms with Crippen molar-refractivity contribution in [1.29, 1.82) is 0 Å². The number of amides is 1. The number of anilines is 1. The molecule has 1 aliphatic heterocycles. The van der Waals surface area contributed by atoms with E-state index in [1.165, 1.54) is 6.20 Å². The molecular weight excluding hydrogens is 412 g/mol. The van der Waals surface area contributed by atoms with Crippen LogP contribution < -0.4 is 14.8 Å². The first-order chi connectivity index (χ1) is 15.5. The van der Waals surface area contributed by atoms with Crippen LogP contribution in [0.1, 0.15) is 42.2 Å². The van der Waals surface area contributed by atoms with Gasteiger partial charge in [-0.25, -0.2) is 14.5 Å². The van der Waals surface area contributed by atoms with Crippen LogP contribution in [-0.2, 0) is 9.53 Å². The third kappa shape index (κ3) is 4.72. The fourth-order valence-corrected chi connectivity index (χ4v) is 3.38. The average molecular weight is 436 g/mol. The normalized spacial score (nSPS) is 12.8. The highest BCUT2D eigenvalue weighted by atomic mass is 16.5. The number of ether oxygens (including phenoxy) is 3. The number of nitrogens with one attached hydrogen (secondary N) is 1. The van der Waals surface area contributed by atoms with Crippen LogP contribution in [0.3, 0.4) is 0 Å². The molecule has 0 saturated carbocycles. The minimum absolute atomic E-state index is 0.0160. The largest absolute Gasteiger partial charge is 0.490 e. The van der Waals surface area contributed by atoms with E-state index in [1.807, 2.05) is 19.9 Å². The number of hydrogen-bond acceptors (Lipinski definition) is 7. The first-order valence-electron chi connectivity index (χ1n) is 10.4. The smallest absolute Gasteiger partial charge is 0.342 e. The van der Waals surface area contributed by atoms with Crippen LogP contribution in [-0.4, -0.2) is 46.5 Å². The second-order valence-electron chi connectivity index (χ2n) is 7.53. The molecule has 0 atom stereocenters. The van der Waals surface area contributed by atoms with Gasteiger partial charge in [0.1, 0.15) is 5.56 Å². The lowest BCUT2D eigenvalue weighted by Gasteiger charge is -2.12. The molecule has 0 fully saturated rings. The molecule has 4 rings (SSSR count). The molecule has 0 bridgehead atoms. The van der Waals surface area contributed by atoms with E-state index in [9.17, 15) is 9.59 Å². The number of esters is 1. The molecule has 1 amide bonds.